The maximum absolute atomic E-state index is 12.7. The lowest BCUT2D eigenvalue weighted by Crippen LogP contribution is -2.37. The standard InChI is InChI=1S/C20H20N2O5/c23-18-14(10-11-3-1-2-4-15(11)21-18)19(24)22-17(20(25)26)13-5-6-16-12(9-13)7-8-27-16/h5-6,9-10,17H,1-4,7-8H2,(H,21,23)(H,22,24)(H,25,26). The van der Waals surface area contributed by atoms with Gasteiger partial charge in [-0.2, -0.15) is 0 Å². The van der Waals surface area contributed by atoms with E-state index in [4.69, 9.17) is 4.74 Å². The van der Waals surface area contributed by atoms with Gasteiger partial charge in [0.15, 0.2) is 6.04 Å². The maximum atomic E-state index is 12.7. The van der Waals surface area contributed by atoms with Gasteiger partial charge in [0.05, 0.1) is 6.61 Å². The monoisotopic (exact) mass is 368 g/mol. The van der Waals surface area contributed by atoms with Gasteiger partial charge in [0, 0.05) is 12.1 Å². The fourth-order valence-electron chi connectivity index (χ4n) is 3.73. The van der Waals surface area contributed by atoms with E-state index in [0.717, 1.165) is 48.3 Å². The zero-order chi connectivity index (χ0) is 19.0. The van der Waals surface area contributed by atoms with Gasteiger partial charge in [0.1, 0.15) is 11.3 Å². The summed E-state index contributed by atoms with van der Waals surface area (Å²) in [6.07, 6.45) is 4.32. The number of aryl methyl sites for hydroxylation is 2. The molecule has 27 heavy (non-hydrogen) atoms. The van der Waals surface area contributed by atoms with Gasteiger partial charge in [-0.05, 0) is 60.6 Å². The molecule has 0 spiro atoms. The molecule has 7 heteroatoms. The van der Waals surface area contributed by atoms with E-state index in [1.807, 2.05) is 0 Å². The van der Waals surface area contributed by atoms with Crippen molar-refractivity contribution in [3.63, 3.8) is 0 Å². The number of carbonyl (C=O) groups is 2. The first-order valence-electron chi connectivity index (χ1n) is 9.07. The number of carboxylic acid groups (broad SMARTS) is 1. The van der Waals surface area contributed by atoms with Gasteiger partial charge in [-0.25, -0.2) is 4.79 Å². The zero-order valence-corrected chi connectivity index (χ0v) is 14.7. The van der Waals surface area contributed by atoms with Crippen LogP contribution in [0.1, 0.15) is 51.6 Å². The zero-order valence-electron chi connectivity index (χ0n) is 14.7. The number of ether oxygens (including phenoxy) is 1. The number of benzene rings is 1. The van der Waals surface area contributed by atoms with Crippen molar-refractivity contribution in [3.8, 4) is 5.75 Å². The Morgan fingerprint density at radius 3 is 2.74 bits per heavy atom. The highest BCUT2D eigenvalue weighted by atomic mass is 16.5. The number of carbonyl (C=O) groups excluding carboxylic acids is 1. The Morgan fingerprint density at radius 1 is 1.11 bits per heavy atom. The first kappa shape index (κ1) is 17.3. The van der Waals surface area contributed by atoms with E-state index in [2.05, 4.69) is 10.3 Å². The molecule has 1 unspecified atom stereocenters. The quantitative estimate of drug-likeness (QED) is 0.762. The molecule has 0 fully saturated rings. The fourth-order valence-corrected chi connectivity index (χ4v) is 3.73. The van der Waals surface area contributed by atoms with E-state index in [1.54, 1.807) is 24.3 Å². The molecule has 2 aromatic rings. The molecular weight excluding hydrogens is 348 g/mol. The highest BCUT2D eigenvalue weighted by molar-refractivity contribution is 5.96. The molecule has 1 amide bonds. The van der Waals surface area contributed by atoms with E-state index in [9.17, 15) is 19.5 Å². The molecule has 0 saturated heterocycles. The summed E-state index contributed by atoms with van der Waals surface area (Å²) < 4.78 is 5.43. The van der Waals surface area contributed by atoms with Gasteiger partial charge in [-0.1, -0.05) is 6.07 Å². The summed E-state index contributed by atoms with van der Waals surface area (Å²) in [5.41, 5.74) is 2.66. The lowest BCUT2D eigenvalue weighted by atomic mass is 9.95. The van der Waals surface area contributed by atoms with E-state index in [-0.39, 0.29) is 5.56 Å². The summed E-state index contributed by atoms with van der Waals surface area (Å²) in [6.45, 7) is 0.563. The summed E-state index contributed by atoms with van der Waals surface area (Å²) in [5.74, 6) is -1.13. The number of rotatable bonds is 4. The fraction of sp³-hybridized carbons (Fsp3) is 0.350. The summed E-state index contributed by atoms with van der Waals surface area (Å²) in [4.78, 5) is 39.5. The third kappa shape index (κ3) is 3.32. The van der Waals surface area contributed by atoms with Gasteiger partial charge in [-0.15, -0.1) is 0 Å². The van der Waals surface area contributed by atoms with Gasteiger partial charge >= 0.3 is 5.97 Å². The highest BCUT2D eigenvalue weighted by Crippen LogP contribution is 2.28. The Hall–Kier alpha value is -3.09. The molecule has 3 N–H and O–H groups in total. The molecule has 2 aliphatic rings. The van der Waals surface area contributed by atoms with Crippen molar-refractivity contribution in [2.75, 3.05) is 6.61 Å². The molecule has 1 atom stereocenters. The van der Waals surface area contributed by atoms with Crippen LogP contribution in [-0.4, -0.2) is 28.6 Å². The summed E-state index contributed by atoms with van der Waals surface area (Å²) in [5, 5.41) is 12.1. The topological polar surface area (TPSA) is 108 Å². The molecule has 140 valence electrons. The minimum Gasteiger partial charge on any atom is -0.493 e. The predicted molar refractivity (Wildman–Crippen MR) is 97.2 cm³/mol. The number of nitrogens with one attached hydrogen (secondary N) is 2. The van der Waals surface area contributed by atoms with Crippen LogP contribution in [0.2, 0.25) is 0 Å². The first-order chi connectivity index (χ1) is 13.0. The van der Waals surface area contributed by atoms with E-state index >= 15 is 0 Å². The lowest BCUT2D eigenvalue weighted by Gasteiger charge is -2.18. The molecule has 1 aliphatic heterocycles. The molecule has 2 heterocycles. The van der Waals surface area contributed by atoms with Crippen molar-refractivity contribution in [1.82, 2.24) is 10.3 Å². The first-order valence-corrected chi connectivity index (χ1v) is 9.07. The number of aromatic nitrogens is 1. The molecule has 4 rings (SSSR count). The summed E-state index contributed by atoms with van der Waals surface area (Å²) >= 11 is 0. The van der Waals surface area contributed by atoms with Crippen molar-refractivity contribution in [3.05, 3.63) is 62.6 Å². The Kier molecular flexibility index (Phi) is 4.43. The number of hydrogen-bond acceptors (Lipinski definition) is 4. The van der Waals surface area contributed by atoms with Crippen LogP contribution in [0, 0.1) is 0 Å². The van der Waals surface area contributed by atoms with Crippen LogP contribution in [0.4, 0.5) is 0 Å². The largest absolute Gasteiger partial charge is 0.493 e. The number of aromatic amines is 1. The van der Waals surface area contributed by atoms with Crippen LogP contribution in [0.25, 0.3) is 0 Å². The number of fused-ring (bicyclic) bond motifs is 2. The second-order valence-corrected chi connectivity index (χ2v) is 6.93. The van der Waals surface area contributed by atoms with Crippen LogP contribution in [0.15, 0.2) is 29.1 Å². The Balaban J connectivity index is 1.62. The molecule has 7 nitrogen and oxygen atoms in total. The summed E-state index contributed by atoms with van der Waals surface area (Å²) in [7, 11) is 0. The van der Waals surface area contributed by atoms with Crippen LogP contribution in [0.5, 0.6) is 5.75 Å². The van der Waals surface area contributed by atoms with Crippen molar-refractivity contribution in [1.29, 1.82) is 0 Å². The van der Waals surface area contributed by atoms with Crippen LogP contribution in [0.3, 0.4) is 0 Å². The number of H-pyrrole nitrogens is 1. The lowest BCUT2D eigenvalue weighted by molar-refractivity contribution is -0.139. The van der Waals surface area contributed by atoms with Gasteiger partial charge < -0.3 is 20.1 Å². The number of amides is 1. The van der Waals surface area contributed by atoms with E-state index in [0.29, 0.717) is 18.6 Å². The highest BCUT2D eigenvalue weighted by Gasteiger charge is 2.26. The van der Waals surface area contributed by atoms with Crippen molar-refractivity contribution >= 4 is 11.9 Å². The van der Waals surface area contributed by atoms with Crippen LogP contribution < -0.4 is 15.6 Å². The van der Waals surface area contributed by atoms with Crippen molar-refractivity contribution < 1.29 is 19.4 Å². The minimum absolute atomic E-state index is 0.0496. The van der Waals surface area contributed by atoms with E-state index < -0.39 is 23.5 Å². The molecule has 1 aliphatic carbocycles. The average molecular weight is 368 g/mol. The van der Waals surface area contributed by atoms with Gasteiger partial charge in [-0.3, -0.25) is 9.59 Å². The number of pyridine rings is 1. The van der Waals surface area contributed by atoms with Crippen LogP contribution >= 0.6 is 0 Å². The molecule has 0 bridgehead atoms. The smallest absolute Gasteiger partial charge is 0.330 e. The maximum Gasteiger partial charge on any atom is 0.330 e. The summed E-state index contributed by atoms with van der Waals surface area (Å²) in [6, 6.07) is 5.43. The van der Waals surface area contributed by atoms with Crippen molar-refractivity contribution in [2.24, 2.45) is 0 Å². The second-order valence-electron chi connectivity index (χ2n) is 6.93. The van der Waals surface area contributed by atoms with Gasteiger partial charge in [0.2, 0.25) is 0 Å². The molecular formula is C20H20N2O5. The van der Waals surface area contributed by atoms with E-state index in [1.165, 1.54) is 0 Å². The average Bonchev–Trinajstić information content (AvgIpc) is 3.12. The van der Waals surface area contributed by atoms with Gasteiger partial charge in [0.25, 0.3) is 11.5 Å². The number of aliphatic carboxylic acids is 1. The SMILES string of the molecule is O=C(NC(C(=O)O)c1ccc2c(c1)CCO2)c1cc2c([nH]c1=O)CCCC2. The van der Waals surface area contributed by atoms with Crippen molar-refractivity contribution in [2.45, 2.75) is 38.1 Å². The third-order valence-corrected chi connectivity index (χ3v) is 5.15. The molecule has 0 radical (unpaired) electrons. The third-order valence-electron chi connectivity index (χ3n) is 5.15. The molecule has 1 aromatic carbocycles. The minimum atomic E-state index is -1.24. The number of carboxylic acids is 1. The Morgan fingerprint density at radius 2 is 1.93 bits per heavy atom. The normalized spacial score (nSPS) is 16.0. The van der Waals surface area contributed by atoms with Crippen LogP contribution in [-0.2, 0) is 24.1 Å². The number of hydrogen-bond donors (Lipinski definition) is 3. The Bertz CT molecular complexity index is 979. The Labute approximate surface area is 155 Å². The molecule has 1 aromatic heterocycles. The predicted octanol–water partition coefficient (Wildman–Crippen LogP) is 1.74. The molecule has 0 saturated carbocycles. The second kappa shape index (κ2) is 6.90.